The summed E-state index contributed by atoms with van der Waals surface area (Å²) in [5.41, 5.74) is 2.14. The molecule has 1 unspecified atom stereocenters. The molecule has 3 nitrogen and oxygen atoms in total. The number of aliphatic imine (C=N–C) groups is 1. The van der Waals surface area contributed by atoms with Crippen LogP contribution < -0.4 is 9.64 Å². The lowest BCUT2D eigenvalue weighted by molar-refractivity contribution is 0.274. The largest absolute Gasteiger partial charge is 0.465 e. The van der Waals surface area contributed by atoms with Crippen LogP contribution in [0.3, 0.4) is 0 Å². The van der Waals surface area contributed by atoms with Crippen LogP contribution in [0.1, 0.15) is 19.8 Å². The van der Waals surface area contributed by atoms with Crippen molar-refractivity contribution in [2.45, 2.75) is 26.0 Å². The van der Waals surface area contributed by atoms with Crippen LogP contribution in [0.15, 0.2) is 71.5 Å². The molecule has 1 atom stereocenters. The van der Waals surface area contributed by atoms with Crippen molar-refractivity contribution in [2.75, 3.05) is 4.90 Å². The predicted molar refractivity (Wildman–Crippen MR) is 96.3 cm³/mol. The van der Waals surface area contributed by atoms with Crippen LogP contribution >= 0.6 is 11.6 Å². The van der Waals surface area contributed by atoms with Crippen LogP contribution in [-0.2, 0) is 0 Å². The monoisotopic (exact) mass is 326 g/mol. The van der Waals surface area contributed by atoms with Gasteiger partial charge in [-0.25, -0.2) is 0 Å². The number of hydrogen-bond donors (Lipinski definition) is 0. The summed E-state index contributed by atoms with van der Waals surface area (Å²) < 4.78 is 6.08. The van der Waals surface area contributed by atoms with Gasteiger partial charge in [0.05, 0.1) is 11.9 Å². The number of nitrogens with zero attached hydrogens (tertiary/aromatic N) is 2. The first-order valence-corrected chi connectivity index (χ1v) is 8.14. The molecule has 0 amide bonds. The van der Waals surface area contributed by atoms with Gasteiger partial charge in [-0.05, 0) is 42.8 Å². The van der Waals surface area contributed by atoms with E-state index in [0.717, 1.165) is 30.0 Å². The third-order valence-corrected chi connectivity index (χ3v) is 3.81. The Morgan fingerprint density at radius 2 is 1.83 bits per heavy atom. The fourth-order valence-corrected chi connectivity index (χ4v) is 2.57. The molecule has 0 spiro atoms. The Bertz CT molecular complexity index is 695. The zero-order chi connectivity index (χ0) is 16.1. The summed E-state index contributed by atoms with van der Waals surface area (Å²) in [6.07, 6.45) is 5.66. The molecule has 0 saturated carbocycles. The van der Waals surface area contributed by atoms with Crippen LogP contribution in [0.25, 0.3) is 0 Å². The summed E-state index contributed by atoms with van der Waals surface area (Å²) in [6.45, 7) is 2.15. The van der Waals surface area contributed by atoms with E-state index >= 15 is 0 Å². The van der Waals surface area contributed by atoms with Crippen LogP contribution in [0, 0.1) is 0 Å². The molecular weight excluding hydrogens is 308 g/mol. The van der Waals surface area contributed by atoms with E-state index in [0.29, 0.717) is 5.02 Å². The zero-order valence-corrected chi connectivity index (χ0v) is 13.8. The Kier molecular flexibility index (Phi) is 4.99. The molecule has 2 aromatic rings. The van der Waals surface area contributed by atoms with Crippen LogP contribution in [0.4, 0.5) is 5.69 Å². The van der Waals surface area contributed by atoms with Gasteiger partial charge in [0.25, 0.3) is 0 Å². The average Bonchev–Trinajstić information content (AvgIpc) is 2.59. The van der Waals surface area contributed by atoms with Crippen LogP contribution in [0.5, 0.6) is 5.75 Å². The van der Waals surface area contributed by atoms with Crippen molar-refractivity contribution < 1.29 is 4.74 Å². The van der Waals surface area contributed by atoms with Gasteiger partial charge in [0, 0.05) is 16.9 Å². The number of benzene rings is 2. The Balaban J connectivity index is 1.85. The fraction of sp³-hybridized carbons (Fsp3) is 0.211. The number of ether oxygens (including phenoxy) is 1. The predicted octanol–water partition coefficient (Wildman–Crippen LogP) is 5.28. The molecule has 0 aliphatic carbocycles. The number of allylic oxidation sites excluding steroid dienone is 1. The molecule has 23 heavy (non-hydrogen) atoms. The maximum atomic E-state index is 6.08. The van der Waals surface area contributed by atoms with Gasteiger partial charge in [-0.15, -0.1) is 0 Å². The van der Waals surface area contributed by atoms with Crippen molar-refractivity contribution in [3.05, 3.63) is 71.5 Å². The van der Waals surface area contributed by atoms with Crippen LogP contribution in [-0.4, -0.2) is 12.4 Å². The summed E-state index contributed by atoms with van der Waals surface area (Å²) in [6, 6.07) is 17.6. The first-order chi connectivity index (χ1) is 11.3. The maximum absolute atomic E-state index is 6.08. The van der Waals surface area contributed by atoms with E-state index in [2.05, 4.69) is 35.1 Å². The lowest BCUT2D eigenvalue weighted by Crippen LogP contribution is -2.39. The number of halogens is 1. The molecule has 0 aromatic heterocycles. The molecule has 0 saturated heterocycles. The number of para-hydroxylation sites is 1. The van der Waals surface area contributed by atoms with Crippen molar-refractivity contribution in [3.63, 3.8) is 0 Å². The second kappa shape index (κ2) is 7.34. The average molecular weight is 327 g/mol. The Morgan fingerprint density at radius 1 is 1.09 bits per heavy atom. The summed E-state index contributed by atoms with van der Waals surface area (Å²) in [4.78, 5) is 6.64. The van der Waals surface area contributed by atoms with Gasteiger partial charge in [-0.3, -0.25) is 4.99 Å². The third kappa shape index (κ3) is 3.93. The molecule has 3 rings (SSSR count). The number of anilines is 1. The Labute approximate surface area is 141 Å². The minimum atomic E-state index is -0.279. The molecule has 0 bridgehead atoms. The molecule has 1 aliphatic rings. The molecule has 0 fully saturated rings. The Hall–Kier alpha value is -2.26. The third-order valence-electron chi connectivity index (χ3n) is 3.56. The van der Waals surface area contributed by atoms with E-state index in [1.54, 1.807) is 0 Å². The highest BCUT2D eigenvalue weighted by molar-refractivity contribution is 6.30. The van der Waals surface area contributed by atoms with Crippen molar-refractivity contribution in [1.82, 2.24) is 0 Å². The lowest BCUT2D eigenvalue weighted by atomic mass is 10.2. The first-order valence-electron chi connectivity index (χ1n) is 7.77. The van der Waals surface area contributed by atoms with E-state index < -0.39 is 0 Å². The second-order valence-corrected chi connectivity index (χ2v) is 5.79. The second-order valence-electron chi connectivity index (χ2n) is 5.35. The quantitative estimate of drug-likeness (QED) is 0.747. The van der Waals surface area contributed by atoms with Crippen molar-refractivity contribution >= 4 is 23.5 Å². The molecule has 4 heteroatoms. The Morgan fingerprint density at radius 3 is 2.52 bits per heavy atom. The van der Waals surface area contributed by atoms with Gasteiger partial charge < -0.3 is 9.64 Å². The van der Waals surface area contributed by atoms with E-state index in [1.807, 2.05) is 48.7 Å². The van der Waals surface area contributed by atoms with E-state index in [-0.39, 0.29) is 6.23 Å². The maximum Gasteiger partial charge on any atom is 0.212 e. The SMILES string of the molecule is CCCC1=CN(c2ccccc2)C(Oc2ccc(Cl)cc2)C=N1. The van der Waals surface area contributed by atoms with Gasteiger partial charge in [0.15, 0.2) is 0 Å². The molecule has 118 valence electrons. The highest BCUT2D eigenvalue weighted by Gasteiger charge is 2.21. The molecule has 0 radical (unpaired) electrons. The summed E-state index contributed by atoms with van der Waals surface area (Å²) in [7, 11) is 0. The van der Waals surface area contributed by atoms with Crippen molar-refractivity contribution in [2.24, 2.45) is 4.99 Å². The molecule has 1 aliphatic heterocycles. The smallest absolute Gasteiger partial charge is 0.212 e. The highest BCUT2D eigenvalue weighted by atomic mass is 35.5. The van der Waals surface area contributed by atoms with Gasteiger partial charge in [0.1, 0.15) is 5.75 Å². The molecule has 2 aromatic carbocycles. The normalized spacial score (nSPS) is 17.0. The summed E-state index contributed by atoms with van der Waals surface area (Å²) in [5.74, 6) is 0.763. The van der Waals surface area contributed by atoms with Crippen molar-refractivity contribution in [3.8, 4) is 5.75 Å². The number of rotatable bonds is 5. The first kappa shape index (κ1) is 15.6. The van der Waals surface area contributed by atoms with E-state index in [9.17, 15) is 0 Å². The molecular formula is C19H19ClN2O. The van der Waals surface area contributed by atoms with E-state index in [1.165, 1.54) is 0 Å². The van der Waals surface area contributed by atoms with Crippen LogP contribution in [0.2, 0.25) is 5.02 Å². The van der Waals surface area contributed by atoms with Gasteiger partial charge in [0.2, 0.25) is 6.23 Å². The lowest BCUT2D eigenvalue weighted by Gasteiger charge is -2.31. The summed E-state index contributed by atoms with van der Waals surface area (Å²) in [5, 5.41) is 0.694. The van der Waals surface area contributed by atoms with Gasteiger partial charge in [-0.2, -0.15) is 0 Å². The minimum absolute atomic E-state index is 0.279. The highest BCUT2D eigenvalue weighted by Crippen LogP contribution is 2.25. The minimum Gasteiger partial charge on any atom is -0.465 e. The van der Waals surface area contributed by atoms with Gasteiger partial charge in [-0.1, -0.05) is 43.1 Å². The molecule has 0 N–H and O–H groups in total. The number of hydrogen-bond acceptors (Lipinski definition) is 3. The summed E-state index contributed by atoms with van der Waals surface area (Å²) >= 11 is 5.93. The molecule has 1 heterocycles. The topological polar surface area (TPSA) is 24.8 Å². The van der Waals surface area contributed by atoms with E-state index in [4.69, 9.17) is 16.3 Å². The van der Waals surface area contributed by atoms with Crippen molar-refractivity contribution in [1.29, 1.82) is 0 Å². The zero-order valence-electron chi connectivity index (χ0n) is 13.0. The van der Waals surface area contributed by atoms with Gasteiger partial charge >= 0.3 is 0 Å². The standard InChI is InChI=1S/C19H19ClN2O/c1-2-6-16-14-22(17-7-4-3-5-8-17)19(13-21-16)23-18-11-9-15(20)10-12-18/h3-5,7-14,19H,2,6H2,1H3. The fourth-order valence-electron chi connectivity index (χ4n) is 2.45.